The molecule has 0 bridgehead atoms. The number of rotatable bonds is 5. The van der Waals surface area contributed by atoms with Gasteiger partial charge in [-0.15, -0.1) is 0 Å². The van der Waals surface area contributed by atoms with Gasteiger partial charge in [0.05, 0.1) is 0 Å². The van der Waals surface area contributed by atoms with Crippen molar-refractivity contribution in [3.8, 4) is 0 Å². The number of amides is 1. The summed E-state index contributed by atoms with van der Waals surface area (Å²) in [5, 5.41) is 3.58. The highest BCUT2D eigenvalue weighted by molar-refractivity contribution is 5.80. The minimum absolute atomic E-state index is 0.194. The van der Waals surface area contributed by atoms with Crippen molar-refractivity contribution in [2.45, 2.75) is 52.0 Å². The van der Waals surface area contributed by atoms with Crippen molar-refractivity contribution in [1.29, 1.82) is 0 Å². The summed E-state index contributed by atoms with van der Waals surface area (Å²) in [5.41, 5.74) is 5.36. The molecule has 6 nitrogen and oxygen atoms in total. The molecule has 2 rings (SSSR count). The topological polar surface area (TPSA) is 74.0 Å². The van der Waals surface area contributed by atoms with Crippen molar-refractivity contribution in [2.75, 3.05) is 39.8 Å². The first kappa shape index (κ1) is 19.0. The summed E-state index contributed by atoms with van der Waals surface area (Å²) < 4.78 is 0. The van der Waals surface area contributed by atoms with Crippen molar-refractivity contribution < 1.29 is 4.79 Å². The molecule has 0 saturated carbocycles. The molecule has 0 spiro atoms. The first-order valence-electron chi connectivity index (χ1n) is 9.47. The van der Waals surface area contributed by atoms with Crippen LogP contribution in [0.2, 0.25) is 0 Å². The number of carbonyl (C=O) groups excluding carboxylic acids is 1. The second-order valence-corrected chi connectivity index (χ2v) is 7.65. The van der Waals surface area contributed by atoms with Crippen molar-refractivity contribution in [3.63, 3.8) is 0 Å². The number of likely N-dealkylation sites (tertiary alicyclic amines) is 2. The standard InChI is InChI=1S/C18H35N5O/c1-14(2)22-8-5-7-16(13-22)11-21-18(20-3)23-9-4-6-15(12-23)10-17(19)24/h14-16H,4-13H2,1-3H3,(H2,19,24)(H,20,21). The Kier molecular flexibility index (Phi) is 7.34. The Morgan fingerprint density at radius 3 is 2.58 bits per heavy atom. The Balaban J connectivity index is 1.82. The van der Waals surface area contributed by atoms with Gasteiger partial charge in [-0.3, -0.25) is 9.79 Å². The molecule has 0 aliphatic carbocycles. The summed E-state index contributed by atoms with van der Waals surface area (Å²) in [6.45, 7) is 9.83. The van der Waals surface area contributed by atoms with Crippen LogP contribution in [0.1, 0.15) is 46.0 Å². The number of primary amides is 1. The second-order valence-electron chi connectivity index (χ2n) is 7.65. The van der Waals surface area contributed by atoms with Gasteiger partial charge in [0, 0.05) is 45.7 Å². The smallest absolute Gasteiger partial charge is 0.217 e. The van der Waals surface area contributed by atoms with Crippen molar-refractivity contribution in [1.82, 2.24) is 15.1 Å². The predicted molar refractivity (Wildman–Crippen MR) is 98.9 cm³/mol. The molecule has 2 unspecified atom stereocenters. The Morgan fingerprint density at radius 2 is 1.92 bits per heavy atom. The average Bonchev–Trinajstić information content (AvgIpc) is 2.55. The summed E-state index contributed by atoms with van der Waals surface area (Å²) in [6, 6.07) is 0.628. The van der Waals surface area contributed by atoms with E-state index in [1.165, 1.54) is 25.9 Å². The van der Waals surface area contributed by atoms with Crippen LogP contribution >= 0.6 is 0 Å². The van der Waals surface area contributed by atoms with E-state index in [-0.39, 0.29) is 5.91 Å². The van der Waals surface area contributed by atoms with E-state index in [0.717, 1.165) is 38.4 Å². The molecule has 2 atom stereocenters. The number of carbonyl (C=O) groups is 1. The number of nitrogens with two attached hydrogens (primary N) is 1. The van der Waals surface area contributed by atoms with Gasteiger partial charge in [-0.1, -0.05) is 0 Å². The lowest BCUT2D eigenvalue weighted by Gasteiger charge is -2.37. The minimum atomic E-state index is -0.194. The summed E-state index contributed by atoms with van der Waals surface area (Å²) in [6.07, 6.45) is 5.25. The van der Waals surface area contributed by atoms with Crippen LogP contribution in [0.5, 0.6) is 0 Å². The SMILES string of the molecule is CN=C(NCC1CCCN(C(C)C)C1)N1CCCC(CC(N)=O)C1. The Morgan fingerprint density at radius 1 is 1.21 bits per heavy atom. The number of hydrogen-bond donors (Lipinski definition) is 2. The largest absolute Gasteiger partial charge is 0.370 e. The predicted octanol–water partition coefficient (Wildman–Crippen LogP) is 1.27. The summed E-state index contributed by atoms with van der Waals surface area (Å²) in [7, 11) is 1.85. The van der Waals surface area contributed by atoms with Crippen LogP contribution in [0, 0.1) is 11.8 Å². The maximum atomic E-state index is 11.2. The molecule has 138 valence electrons. The van der Waals surface area contributed by atoms with Crippen LogP contribution in [0.15, 0.2) is 4.99 Å². The van der Waals surface area contributed by atoms with E-state index in [9.17, 15) is 4.79 Å². The van der Waals surface area contributed by atoms with E-state index in [2.05, 4.69) is 34.0 Å². The van der Waals surface area contributed by atoms with Crippen LogP contribution in [0.4, 0.5) is 0 Å². The van der Waals surface area contributed by atoms with Gasteiger partial charge in [0.25, 0.3) is 0 Å². The number of guanidine groups is 1. The normalized spacial score (nSPS) is 26.7. The zero-order valence-electron chi connectivity index (χ0n) is 15.6. The monoisotopic (exact) mass is 337 g/mol. The molecule has 0 aromatic rings. The summed E-state index contributed by atoms with van der Waals surface area (Å²) in [4.78, 5) is 20.5. The number of piperidine rings is 2. The third-order valence-electron chi connectivity index (χ3n) is 5.35. The van der Waals surface area contributed by atoms with Gasteiger partial charge in [-0.2, -0.15) is 0 Å². The van der Waals surface area contributed by atoms with Crippen molar-refractivity contribution >= 4 is 11.9 Å². The highest BCUT2D eigenvalue weighted by Gasteiger charge is 2.25. The maximum Gasteiger partial charge on any atom is 0.217 e. The maximum absolute atomic E-state index is 11.2. The van der Waals surface area contributed by atoms with Crippen LogP contribution < -0.4 is 11.1 Å². The molecule has 3 N–H and O–H groups in total. The lowest BCUT2D eigenvalue weighted by atomic mass is 9.94. The molecule has 6 heteroatoms. The summed E-state index contributed by atoms with van der Waals surface area (Å²) >= 11 is 0. The highest BCUT2D eigenvalue weighted by atomic mass is 16.1. The molecule has 1 amide bonds. The van der Waals surface area contributed by atoms with Gasteiger partial charge >= 0.3 is 0 Å². The van der Waals surface area contributed by atoms with Gasteiger partial charge < -0.3 is 20.9 Å². The fourth-order valence-electron chi connectivity index (χ4n) is 4.01. The number of aliphatic imine (C=N–C) groups is 1. The Labute approximate surface area is 146 Å². The van der Waals surface area contributed by atoms with Gasteiger partial charge in [0.1, 0.15) is 0 Å². The van der Waals surface area contributed by atoms with Gasteiger partial charge in [0.15, 0.2) is 5.96 Å². The third-order valence-corrected chi connectivity index (χ3v) is 5.35. The summed E-state index contributed by atoms with van der Waals surface area (Å²) in [5.74, 6) is 1.83. The van der Waals surface area contributed by atoms with Crippen LogP contribution in [0.25, 0.3) is 0 Å². The zero-order chi connectivity index (χ0) is 17.5. The highest BCUT2D eigenvalue weighted by Crippen LogP contribution is 2.20. The van der Waals surface area contributed by atoms with E-state index in [1.54, 1.807) is 0 Å². The van der Waals surface area contributed by atoms with Crippen molar-refractivity contribution in [2.24, 2.45) is 22.6 Å². The molecule has 0 aromatic heterocycles. The quantitative estimate of drug-likeness (QED) is 0.585. The molecule has 0 aromatic carbocycles. The third kappa shape index (κ3) is 5.65. The van der Waals surface area contributed by atoms with Crippen molar-refractivity contribution in [3.05, 3.63) is 0 Å². The molecule has 2 heterocycles. The Hall–Kier alpha value is -1.30. The first-order chi connectivity index (χ1) is 11.5. The van der Waals surface area contributed by atoms with Crippen LogP contribution in [-0.2, 0) is 4.79 Å². The average molecular weight is 338 g/mol. The number of nitrogens with zero attached hydrogens (tertiary/aromatic N) is 3. The van der Waals surface area contributed by atoms with Gasteiger partial charge in [-0.05, 0) is 57.9 Å². The molecule has 0 radical (unpaired) electrons. The van der Waals surface area contributed by atoms with E-state index < -0.39 is 0 Å². The van der Waals surface area contributed by atoms with E-state index in [1.807, 2.05) is 7.05 Å². The minimum Gasteiger partial charge on any atom is -0.370 e. The van der Waals surface area contributed by atoms with Crippen LogP contribution in [0.3, 0.4) is 0 Å². The second kappa shape index (κ2) is 9.25. The molecule has 2 saturated heterocycles. The number of hydrogen-bond acceptors (Lipinski definition) is 3. The molecule has 24 heavy (non-hydrogen) atoms. The van der Waals surface area contributed by atoms with Crippen LogP contribution in [-0.4, -0.2) is 67.5 Å². The first-order valence-corrected chi connectivity index (χ1v) is 9.47. The molecule has 2 fully saturated rings. The fraction of sp³-hybridized carbons (Fsp3) is 0.889. The Bertz CT molecular complexity index is 437. The van der Waals surface area contributed by atoms with E-state index >= 15 is 0 Å². The van der Waals surface area contributed by atoms with Gasteiger partial charge in [0.2, 0.25) is 5.91 Å². The molecule has 2 aliphatic heterocycles. The van der Waals surface area contributed by atoms with Gasteiger partial charge in [-0.25, -0.2) is 0 Å². The molecular formula is C18H35N5O. The fourth-order valence-corrected chi connectivity index (χ4v) is 4.01. The molecular weight excluding hydrogens is 302 g/mol. The lowest BCUT2D eigenvalue weighted by Crippen LogP contribution is -2.50. The zero-order valence-corrected chi connectivity index (χ0v) is 15.6. The lowest BCUT2D eigenvalue weighted by molar-refractivity contribution is -0.119. The number of nitrogens with one attached hydrogen (secondary N) is 1. The van der Waals surface area contributed by atoms with E-state index in [4.69, 9.17) is 5.73 Å². The van der Waals surface area contributed by atoms with E-state index in [0.29, 0.717) is 24.3 Å². The molecule has 2 aliphatic rings.